The zero-order chi connectivity index (χ0) is 19.8. The maximum Gasteiger partial charge on any atom is 0.309 e. The van der Waals surface area contributed by atoms with E-state index in [9.17, 15) is 9.59 Å². The lowest BCUT2D eigenvalue weighted by Gasteiger charge is -2.17. The summed E-state index contributed by atoms with van der Waals surface area (Å²) in [6.45, 7) is 2.29. The summed E-state index contributed by atoms with van der Waals surface area (Å²) >= 11 is 0. The van der Waals surface area contributed by atoms with Gasteiger partial charge in [-0.05, 0) is 36.1 Å². The Hall–Kier alpha value is -3.02. The molecule has 0 heterocycles. The van der Waals surface area contributed by atoms with Crippen LogP contribution < -0.4 is 9.47 Å². The first-order chi connectivity index (χ1) is 12.9. The SMILES string of the molecule is COC(=O)C(CC(=O)O)Cc1cc(C)c(OCc2ccccc2)c(OC)c1. The molecule has 1 N–H and O–H groups in total. The smallest absolute Gasteiger partial charge is 0.309 e. The van der Waals surface area contributed by atoms with Gasteiger partial charge in [0.2, 0.25) is 0 Å². The van der Waals surface area contributed by atoms with Crippen molar-refractivity contribution in [1.29, 1.82) is 0 Å². The molecule has 0 spiro atoms. The van der Waals surface area contributed by atoms with Crippen molar-refractivity contribution in [1.82, 2.24) is 0 Å². The van der Waals surface area contributed by atoms with Gasteiger partial charge in [0.05, 0.1) is 26.6 Å². The topological polar surface area (TPSA) is 82.1 Å². The predicted molar refractivity (Wildman–Crippen MR) is 100.0 cm³/mol. The average Bonchev–Trinajstić information content (AvgIpc) is 2.66. The van der Waals surface area contributed by atoms with Crippen molar-refractivity contribution in [2.45, 2.75) is 26.4 Å². The van der Waals surface area contributed by atoms with Crippen molar-refractivity contribution in [3.63, 3.8) is 0 Å². The first kappa shape index (κ1) is 20.3. The van der Waals surface area contributed by atoms with E-state index < -0.39 is 17.9 Å². The minimum absolute atomic E-state index is 0.245. The highest BCUT2D eigenvalue weighted by molar-refractivity contribution is 5.79. The molecule has 0 radical (unpaired) electrons. The van der Waals surface area contributed by atoms with Crippen LogP contribution >= 0.6 is 0 Å². The van der Waals surface area contributed by atoms with Gasteiger partial charge in [-0.3, -0.25) is 9.59 Å². The summed E-state index contributed by atoms with van der Waals surface area (Å²) < 4.78 is 16.1. The molecule has 0 saturated heterocycles. The zero-order valence-electron chi connectivity index (χ0n) is 15.7. The van der Waals surface area contributed by atoms with E-state index in [1.54, 1.807) is 13.2 Å². The summed E-state index contributed by atoms with van der Waals surface area (Å²) in [6, 6.07) is 13.4. The Morgan fingerprint density at radius 2 is 1.78 bits per heavy atom. The number of carbonyl (C=O) groups is 2. The average molecular weight is 372 g/mol. The van der Waals surface area contributed by atoms with Crippen molar-refractivity contribution >= 4 is 11.9 Å². The van der Waals surface area contributed by atoms with Crippen LogP contribution in [0.4, 0.5) is 0 Å². The number of carboxylic acids is 1. The van der Waals surface area contributed by atoms with E-state index >= 15 is 0 Å². The number of benzene rings is 2. The number of aryl methyl sites for hydroxylation is 1. The number of hydrogen-bond donors (Lipinski definition) is 1. The van der Waals surface area contributed by atoms with Crippen molar-refractivity contribution < 1.29 is 28.9 Å². The zero-order valence-corrected chi connectivity index (χ0v) is 15.7. The molecule has 0 saturated carbocycles. The van der Waals surface area contributed by atoms with Gasteiger partial charge in [0.1, 0.15) is 6.61 Å². The monoisotopic (exact) mass is 372 g/mol. The molecule has 0 bridgehead atoms. The molecule has 1 atom stereocenters. The molecule has 0 aliphatic heterocycles. The van der Waals surface area contributed by atoms with Gasteiger partial charge >= 0.3 is 11.9 Å². The Labute approximate surface area is 158 Å². The first-order valence-corrected chi connectivity index (χ1v) is 8.58. The molecular weight excluding hydrogens is 348 g/mol. The molecule has 2 aromatic rings. The van der Waals surface area contributed by atoms with Gasteiger partial charge in [-0.2, -0.15) is 0 Å². The summed E-state index contributed by atoms with van der Waals surface area (Å²) in [6.07, 6.45) is -0.0462. The maximum absolute atomic E-state index is 11.9. The van der Waals surface area contributed by atoms with Gasteiger partial charge in [0.15, 0.2) is 11.5 Å². The molecule has 6 heteroatoms. The second-order valence-electron chi connectivity index (χ2n) is 6.24. The molecule has 2 rings (SSSR count). The summed E-state index contributed by atoms with van der Waals surface area (Å²) in [5.74, 6) is -1.18. The fourth-order valence-electron chi connectivity index (χ4n) is 2.90. The van der Waals surface area contributed by atoms with Crippen molar-refractivity contribution in [2.24, 2.45) is 5.92 Å². The lowest BCUT2D eigenvalue weighted by Crippen LogP contribution is -2.22. The van der Waals surface area contributed by atoms with E-state index in [0.717, 1.165) is 16.7 Å². The van der Waals surface area contributed by atoms with Gasteiger partial charge in [-0.15, -0.1) is 0 Å². The van der Waals surface area contributed by atoms with Crippen LogP contribution in [0, 0.1) is 12.8 Å². The molecule has 0 aromatic heterocycles. The number of carboxylic acid groups (broad SMARTS) is 1. The summed E-state index contributed by atoms with van der Waals surface area (Å²) in [5.41, 5.74) is 2.67. The first-order valence-electron chi connectivity index (χ1n) is 8.58. The summed E-state index contributed by atoms with van der Waals surface area (Å²) in [5, 5.41) is 9.03. The maximum atomic E-state index is 11.9. The molecule has 6 nitrogen and oxygen atoms in total. The largest absolute Gasteiger partial charge is 0.493 e. The van der Waals surface area contributed by atoms with Crippen molar-refractivity contribution in [2.75, 3.05) is 14.2 Å². The van der Waals surface area contributed by atoms with Crippen LogP contribution in [-0.4, -0.2) is 31.3 Å². The van der Waals surface area contributed by atoms with Gasteiger partial charge in [-0.25, -0.2) is 0 Å². The minimum Gasteiger partial charge on any atom is -0.493 e. The third-order valence-electron chi connectivity index (χ3n) is 4.18. The lowest BCUT2D eigenvalue weighted by molar-refractivity contribution is -0.150. The quantitative estimate of drug-likeness (QED) is 0.680. The van der Waals surface area contributed by atoms with Crippen LogP contribution in [0.3, 0.4) is 0 Å². The molecule has 144 valence electrons. The normalized spacial score (nSPS) is 11.5. The predicted octanol–water partition coefficient (Wildman–Crippen LogP) is 3.39. The Kier molecular flexibility index (Phi) is 7.23. The Balaban J connectivity index is 2.20. The Morgan fingerprint density at radius 3 is 2.37 bits per heavy atom. The number of methoxy groups -OCH3 is 2. The molecule has 0 amide bonds. The van der Waals surface area contributed by atoms with E-state index in [4.69, 9.17) is 19.3 Å². The third-order valence-corrected chi connectivity index (χ3v) is 4.18. The van der Waals surface area contributed by atoms with Gasteiger partial charge in [-0.1, -0.05) is 36.4 Å². The van der Waals surface area contributed by atoms with Crippen LogP contribution in [0.1, 0.15) is 23.1 Å². The highest BCUT2D eigenvalue weighted by Gasteiger charge is 2.24. The third kappa shape index (κ3) is 5.74. The number of hydrogen-bond acceptors (Lipinski definition) is 5. The molecule has 1 unspecified atom stereocenters. The number of ether oxygens (including phenoxy) is 3. The number of carbonyl (C=O) groups excluding carboxylic acids is 1. The van der Waals surface area contributed by atoms with E-state index in [2.05, 4.69) is 0 Å². The van der Waals surface area contributed by atoms with Crippen LogP contribution in [0.2, 0.25) is 0 Å². The highest BCUT2D eigenvalue weighted by atomic mass is 16.5. The summed E-state index contributed by atoms with van der Waals surface area (Å²) in [4.78, 5) is 22.9. The molecular formula is C21H24O6. The van der Waals surface area contributed by atoms with Gasteiger partial charge < -0.3 is 19.3 Å². The minimum atomic E-state index is -1.04. The van der Waals surface area contributed by atoms with Gasteiger partial charge in [0, 0.05) is 0 Å². The molecule has 0 aliphatic rings. The van der Waals surface area contributed by atoms with E-state index in [1.807, 2.05) is 43.3 Å². The van der Waals surface area contributed by atoms with Crippen molar-refractivity contribution in [3.8, 4) is 11.5 Å². The molecule has 2 aromatic carbocycles. The Morgan fingerprint density at radius 1 is 1.07 bits per heavy atom. The standard InChI is InChI=1S/C21H24O6/c1-14-9-16(10-17(12-19(22)23)21(24)26-3)11-18(25-2)20(14)27-13-15-7-5-4-6-8-15/h4-9,11,17H,10,12-13H2,1-3H3,(H,22,23). The van der Waals surface area contributed by atoms with E-state index in [1.165, 1.54) is 7.11 Å². The van der Waals surface area contributed by atoms with Crippen molar-refractivity contribution in [3.05, 3.63) is 59.2 Å². The second-order valence-corrected chi connectivity index (χ2v) is 6.24. The van der Waals surface area contributed by atoms with Crippen LogP contribution in [-0.2, 0) is 27.4 Å². The molecule has 0 fully saturated rings. The van der Waals surface area contributed by atoms with Crippen LogP contribution in [0.5, 0.6) is 11.5 Å². The Bertz CT molecular complexity index is 785. The summed E-state index contributed by atoms with van der Waals surface area (Å²) in [7, 11) is 2.80. The number of rotatable bonds is 9. The lowest BCUT2D eigenvalue weighted by atomic mass is 9.95. The number of esters is 1. The van der Waals surface area contributed by atoms with Crippen LogP contribution in [0.15, 0.2) is 42.5 Å². The molecule has 0 aliphatic carbocycles. The van der Waals surface area contributed by atoms with E-state index in [-0.39, 0.29) is 12.8 Å². The van der Waals surface area contributed by atoms with Crippen LogP contribution in [0.25, 0.3) is 0 Å². The highest BCUT2D eigenvalue weighted by Crippen LogP contribution is 2.34. The number of aliphatic carboxylic acids is 1. The molecule has 27 heavy (non-hydrogen) atoms. The van der Waals surface area contributed by atoms with Gasteiger partial charge in [0.25, 0.3) is 0 Å². The fourth-order valence-corrected chi connectivity index (χ4v) is 2.90. The van der Waals surface area contributed by atoms with E-state index in [0.29, 0.717) is 18.1 Å². The second kappa shape index (κ2) is 9.62. The fraction of sp³-hybridized carbons (Fsp3) is 0.333.